The minimum absolute atomic E-state index is 0.0517. The van der Waals surface area contributed by atoms with E-state index in [1.165, 1.54) is 38.5 Å². The van der Waals surface area contributed by atoms with Crippen molar-refractivity contribution >= 4 is 101 Å². The van der Waals surface area contributed by atoms with E-state index in [1.54, 1.807) is 12.1 Å². The summed E-state index contributed by atoms with van der Waals surface area (Å²) in [4.78, 5) is 63.8. The molecule has 6 fully saturated rings. The Bertz CT molecular complexity index is 3520. The predicted molar refractivity (Wildman–Crippen MR) is 391 cm³/mol. The first-order valence-corrected chi connectivity index (χ1v) is 38.5. The second-order valence-corrected chi connectivity index (χ2v) is 27.9. The van der Waals surface area contributed by atoms with Crippen molar-refractivity contribution in [1.29, 1.82) is 15.8 Å². The van der Waals surface area contributed by atoms with Gasteiger partial charge in [-0.15, -0.1) is 23.2 Å². The summed E-state index contributed by atoms with van der Waals surface area (Å²) in [7, 11) is -5.31. The molecule has 0 bridgehead atoms. The second kappa shape index (κ2) is 60.9. The van der Waals surface area contributed by atoms with Crippen molar-refractivity contribution in [2.24, 2.45) is 56.2 Å². The molecule has 35 nitrogen and oxygen atoms in total. The molecule has 6 saturated heterocycles. The van der Waals surface area contributed by atoms with Crippen molar-refractivity contribution in [3.05, 3.63) is 118 Å². The number of methoxy groups -OCH3 is 2. The molecule has 609 valence electrons. The number of para-hydroxylation sites is 1. The van der Waals surface area contributed by atoms with E-state index in [4.69, 9.17) is 133 Å². The summed E-state index contributed by atoms with van der Waals surface area (Å²) in [5.74, 6) is 1.41. The first kappa shape index (κ1) is 103. The van der Waals surface area contributed by atoms with E-state index in [1.807, 2.05) is 12.1 Å². The van der Waals surface area contributed by atoms with Crippen LogP contribution in [0.3, 0.4) is 0 Å². The molecule has 9 rings (SSSR count). The monoisotopic (exact) mass is 1690 g/mol. The SMILES string of the molecule is COC(=O)C1(C#N)CCOCC1.ClCCOCCCl.N#CC1(C(=O)O)CCOCC1.N#CC1CCOCC1.NCC1CCOCC1.NCC1CCOCC1.NS(=O)(=O)c1ccc(CCC2CCOCC2)c([N+](=O)[O-])c1.NS(=O)(=O)c1ccc(Cl)c([N+](=O)[O-])c1.O=[N+]([O-])c1ccccc1Cl.[C-]#[N+]CC(=O)OC.[O]=[Cu]. The molecule has 108 heavy (non-hydrogen) atoms. The predicted octanol–water partition coefficient (Wildman–Crippen LogP) is 8.73. The number of hydrogen-bond acceptors (Lipinski definition) is 28. The van der Waals surface area contributed by atoms with Gasteiger partial charge in [0, 0.05) is 140 Å². The average molecular weight is 1700 g/mol. The molecule has 6 aliphatic rings. The number of ether oxygens (including phenoxy) is 9. The maximum atomic E-state index is 11.3. The van der Waals surface area contributed by atoms with Crippen molar-refractivity contribution < 1.29 is 114 Å². The fourth-order valence-corrected chi connectivity index (χ4v) is 11.1. The molecule has 6 heterocycles. The number of carbonyl (C=O) groups is 3. The molecule has 0 amide bonds. The Morgan fingerprint density at radius 3 is 1.29 bits per heavy atom. The Morgan fingerprint density at radius 2 is 0.981 bits per heavy atom. The first-order valence-electron chi connectivity index (χ1n) is 33.2. The van der Waals surface area contributed by atoms with Gasteiger partial charge in [-0.25, -0.2) is 38.5 Å². The summed E-state index contributed by atoms with van der Waals surface area (Å²) in [6.45, 7) is 17.2. The van der Waals surface area contributed by atoms with Crippen molar-refractivity contribution in [1.82, 2.24) is 0 Å². The Kier molecular flexibility index (Phi) is 58.2. The molecular weight excluding hydrogens is 1600 g/mol. The number of rotatable bonds is 17. The summed E-state index contributed by atoms with van der Waals surface area (Å²) in [6, 6.07) is 19.0. The molecule has 6 aliphatic heterocycles. The number of nitrogens with two attached hydrogens (primary N) is 4. The molecule has 0 aliphatic carbocycles. The number of nitrogens with zero attached hydrogens (tertiary/aromatic N) is 7. The third kappa shape index (κ3) is 44.7. The van der Waals surface area contributed by atoms with E-state index in [-0.39, 0.29) is 43.7 Å². The van der Waals surface area contributed by atoms with Crippen molar-refractivity contribution in [2.75, 3.05) is 138 Å². The molecule has 0 radical (unpaired) electrons. The summed E-state index contributed by atoms with van der Waals surface area (Å²) in [5, 5.41) is 76.0. The average Bonchev–Trinajstić information content (AvgIpc) is 0.847. The van der Waals surface area contributed by atoms with Crippen LogP contribution in [-0.2, 0) is 103 Å². The molecule has 3 aromatic carbocycles. The number of carboxylic acid groups (broad SMARTS) is 1. The number of alkyl halides is 2. The van der Waals surface area contributed by atoms with Crippen LogP contribution in [0.2, 0.25) is 10.0 Å². The number of nitro benzene ring substituents is 3. The normalized spacial score (nSPS) is 16.4. The topological polar surface area (TPSA) is 549 Å². The minimum atomic E-state index is -3.94. The number of nitro groups is 3. The van der Waals surface area contributed by atoms with E-state index < -0.39 is 69.2 Å². The zero-order chi connectivity index (χ0) is 82.0. The molecule has 0 atom stereocenters. The van der Waals surface area contributed by atoms with Gasteiger partial charge in [0.15, 0.2) is 10.8 Å². The van der Waals surface area contributed by atoms with E-state index in [0.29, 0.717) is 95.0 Å². The summed E-state index contributed by atoms with van der Waals surface area (Å²) in [5.41, 5.74) is 8.58. The summed E-state index contributed by atoms with van der Waals surface area (Å²) < 4.78 is 96.2. The van der Waals surface area contributed by atoms with Gasteiger partial charge in [0.2, 0.25) is 20.0 Å². The molecule has 0 aromatic heterocycles. The van der Waals surface area contributed by atoms with Crippen LogP contribution in [0.15, 0.2) is 70.5 Å². The second-order valence-electron chi connectivity index (χ2n) is 23.2. The molecule has 3 aromatic rings. The van der Waals surface area contributed by atoms with Gasteiger partial charge in [0.05, 0.1) is 76.1 Å². The zero-order valence-corrected chi connectivity index (χ0v) is 65.4. The number of hydrogen-bond donors (Lipinski definition) is 5. The van der Waals surface area contributed by atoms with Gasteiger partial charge in [-0.3, -0.25) is 39.9 Å². The molecular formula is C66H95Cl4CuN11O24S2. The maximum absolute atomic E-state index is 11.3. The quantitative estimate of drug-likeness (QED) is 0.0160. The molecule has 42 heteroatoms. The van der Waals surface area contributed by atoms with Crippen LogP contribution in [0.25, 0.3) is 4.85 Å². The molecule has 0 spiro atoms. The Morgan fingerprint density at radius 1 is 0.602 bits per heavy atom. The summed E-state index contributed by atoms with van der Waals surface area (Å²) >= 11 is 24.4. The number of aryl methyl sites for hydroxylation is 1. The van der Waals surface area contributed by atoms with Crippen LogP contribution in [0.4, 0.5) is 17.1 Å². The van der Waals surface area contributed by atoms with Crippen LogP contribution in [-0.4, -0.2) is 193 Å². The number of carboxylic acids is 1. The Hall–Kier alpha value is -6.83. The van der Waals surface area contributed by atoms with Crippen molar-refractivity contribution in [3.63, 3.8) is 0 Å². The van der Waals surface area contributed by atoms with Gasteiger partial charge < -0.3 is 64.1 Å². The number of benzene rings is 3. The fraction of sp³-hybridized carbons (Fsp3) is 0.621. The van der Waals surface area contributed by atoms with E-state index in [0.717, 1.165) is 160 Å². The molecule has 0 unspecified atom stereocenters. The fourth-order valence-electron chi connectivity index (χ4n) is 9.41. The van der Waals surface area contributed by atoms with Crippen LogP contribution in [0.5, 0.6) is 0 Å². The van der Waals surface area contributed by atoms with Gasteiger partial charge >= 0.3 is 44.2 Å². The van der Waals surface area contributed by atoms with E-state index in [2.05, 4.69) is 36.3 Å². The Balaban J connectivity index is 0. The van der Waals surface area contributed by atoms with Crippen molar-refractivity contribution in [3.8, 4) is 18.2 Å². The van der Waals surface area contributed by atoms with Crippen LogP contribution in [0, 0.1) is 105 Å². The van der Waals surface area contributed by atoms with Gasteiger partial charge in [-0.2, -0.15) is 15.8 Å². The molecule has 0 saturated carbocycles. The third-order valence-electron chi connectivity index (χ3n) is 16.0. The van der Waals surface area contributed by atoms with Crippen molar-refractivity contribution in [2.45, 2.75) is 99.7 Å². The van der Waals surface area contributed by atoms with Gasteiger partial charge in [-0.1, -0.05) is 41.4 Å². The Labute approximate surface area is 657 Å². The number of halogens is 4. The number of aliphatic carboxylic acids is 1. The zero-order valence-electron chi connectivity index (χ0n) is 59.8. The number of nitriles is 3. The van der Waals surface area contributed by atoms with Crippen LogP contribution < -0.4 is 21.7 Å². The van der Waals surface area contributed by atoms with Gasteiger partial charge in [-0.05, 0) is 119 Å². The van der Waals surface area contributed by atoms with E-state index in [9.17, 15) is 61.6 Å². The third-order valence-corrected chi connectivity index (χ3v) is 18.7. The first-order chi connectivity index (χ1) is 51.4. The van der Waals surface area contributed by atoms with E-state index >= 15 is 0 Å². The van der Waals surface area contributed by atoms with Crippen LogP contribution in [0.1, 0.15) is 89.0 Å². The number of sulfonamides is 2. The summed E-state index contributed by atoms with van der Waals surface area (Å²) in [6.07, 6.45) is 11.3. The van der Waals surface area contributed by atoms with Crippen LogP contribution >= 0.6 is 46.4 Å². The number of primary sulfonamides is 2. The van der Waals surface area contributed by atoms with Gasteiger partial charge in [0.1, 0.15) is 10.0 Å². The molecule has 9 N–H and O–H groups in total. The number of carbonyl (C=O) groups excluding carboxylic acids is 2. The number of esters is 2. The van der Waals surface area contributed by atoms with Gasteiger partial charge in [0.25, 0.3) is 17.1 Å². The standard InChI is InChI=1S/C13H18N2O5S.C8H11NO3.C7H9NO3.C6H5ClN2O4S.C6H4ClNO2.2C6H13NO.C6H9NO.C4H8Cl2O.C4H5NO2.Cu.O/c14-21(18,19)12-4-3-11(13(9-12)15(16)17)2-1-10-5-7-20-8-6-10;1-11-7(10)8(6-9)2-4-12-5-3-8;8-5-7(6(9)10)1-3-11-4-2-7;7-5-2-1-4(14(8,12)13)3-6(5)9(10)11;7-5-3-1-2-4-6(5)8(9)10;3*7-5-6-1-3-8-4-2-6;5-1-3-7-4-2-6;1-5-3-4(6)7-2;;/h3-4,9-10H,1-2,5-8H2,(H2,14,18,19);2-5H2,1H3;1-4H2,(H,9,10);1-3H,(H2,8,12,13);1-4H;2*6H,1-5,7H2;6H,1-4H2;1-4H2;3H2,2H3;;.